The second-order valence-corrected chi connectivity index (χ2v) is 5.51. The Morgan fingerprint density at radius 2 is 2.30 bits per heavy atom. The highest BCUT2D eigenvalue weighted by Crippen LogP contribution is 2.26. The molecule has 0 radical (unpaired) electrons. The molecule has 1 aliphatic heterocycles. The molecule has 2 unspecified atom stereocenters. The Morgan fingerprint density at radius 3 is 3.10 bits per heavy atom. The Kier molecular flexibility index (Phi) is 3.72. The molecule has 0 bridgehead atoms. The van der Waals surface area contributed by atoms with Crippen molar-refractivity contribution in [3.8, 4) is 0 Å². The summed E-state index contributed by atoms with van der Waals surface area (Å²) in [5.74, 6) is 0.262. The van der Waals surface area contributed by atoms with Crippen LogP contribution >= 0.6 is 0 Å². The Morgan fingerprint density at radius 1 is 1.45 bits per heavy atom. The number of hydrogen-bond acceptors (Lipinski definition) is 4. The summed E-state index contributed by atoms with van der Waals surface area (Å²) in [6.45, 7) is 2.87. The van der Waals surface area contributed by atoms with Crippen molar-refractivity contribution >= 4 is 11.1 Å². The summed E-state index contributed by atoms with van der Waals surface area (Å²) in [6, 6.07) is 4.92. The molecule has 0 spiro atoms. The van der Waals surface area contributed by atoms with Crippen molar-refractivity contribution in [2.24, 2.45) is 0 Å². The lowest BCUT2D eigenvalue weighted by atomic mass is 9.97. The third-order valence-electron chi connectivity index (χ3n) is 4.12. The van der Waals surface area contributed by atoms with Gasteiger partial charge in [0.15, 0.2) is 5.58 Å². The van der Waals surface area contributed by atoms with Gasteiger partial charge in [0.2, 0.25) is 5.89 Å². The highest BCUT2D eigenvalue weighted by Gasteiger charge is 2.28. The second-order valence-electron chi connectivity index (χ2n) is 5.51. The number of aliphatic hydroxyl groups is 1. The first-order valence-electron chi connectivity index (χ1n) is 7.09. The summed E-state index contributed by atoms with van der Waals surface area (Å²) in [5.41, 5.74) is 1.15. The van der Waals surface area contributed by atoms with Gasteiger partial charge in [0.05, 0.1) is 13.2 Å². The minimum atomic E-state index is -0.320. The van der Waals surface area contributed by atoms with E-state index in [9.17, 15) is 9.50 Å². The van der Waals surface area contributed by atoms with E-state index in [1.807, 2.05) is 0 Å². The average molecular weight is 278 g/mol. The number of piperidine rings is 1. The SMILES string of the molecule is CC1CCCC(CO)N1Cc1nc2ccc(F)cc2o1. The summed E-state index contributed by atoms with van der Waals surface area (Å²) in [6.07, 6.45) is 3.25. The maximum absolute atomic E-state index is 13.2. The zero-order valence-corrected chi connectivity index (χ0v) is 11.6. The average Bonchev–Trinajstić information content (AvgIpc) is 2.82. The quantitative estimate of drug-likeness (QED) is 0.938. The van der Waals surface area contributed by atoms with Gasteiger partial charge in [-0.25, -0.2) is 9.37 Å². The molecule has 20 heavy (non-hydrogen) atoms. The van der Waals surface area contributed by atoms with Gasteiger partial charge in [0.25, 0.3) is 0 Å². The van der Waals surface area contributed by atoms with Gasteiger partial charge in [-0.05, 0) is 31.9 Å². The highest BCUT2D eigenvalue weighted by molar-refractivity contribution is 5.72. The van der Waals surface area contributed by atoms with Gasteiger partial charge in [-0.1, -0.05) is 6.42 Å². The fourth-order valence-corrected chi connectivity index (χ4v) is 2.99. The molecule has 1 aromatic heterocycles. The summed E-state index contributed by atoms with van der Waals surface area (Å²) in [7, 11) is 0. The molecule has 0 amide bonds. The topological polar surface area (TPSA) is 49.5 Å². The largest absolute Gasteiger partial charge is 0.439 e. The lowest BCUT2D eigenvalue weighted by Gasteiger charge is -2.38. The van der Waals surface area contributed by atoms with Crippen molar-refractivity contribution in [2.45, 2.75) is 44.8 Å². The van der Waals surface area contributed by atoms with Crippen molar-refractivity contribution in [2.75, 3.05) is 6.61 Å². The fraction of sp³-hybridized carbons (Fsp3) is 0.533. The van der Waals surface area contributed by atoms with E-state index in [1.54, 1.807) is 6.07 Å². The smallest absolute Gasteiger partial charge is 0.209 e. The molecule has 108 valence electrons. The normalized spacial score (nSPS) is 24.4. The van der Waals surface area contributed by atoms with Crippen molar-refractivity contribution in [3.05, 3.63) is 29.9 Å². The second kappa shape index (κ2) is 5.50. The van der Waals surface area contributed by atoms with Crippen LogP contribution in [-0.2, 0) is 6.54 Å². The minimum absolute atomic E-state index is 0.152. The number of nitrogens with zero attached hydrogens (tertiary/aromatic N) is 2. The Hall–Kier alpha value is -1.46. The number of benzene rings is 1. The molecule has 0 saturated carbocycles. The summed E-state index contributed by atoms with van der Waals surface area (Å²) in [5, 5.41) is 9.49. The molecule has 1 fully saturated rings. The van der Waals surface area contributed by atoms with Crippen LogP contribution in [0.2, 0.25) is 0 Å². The van der Waals surface area contributed by atoms with Crippen LogP contribution in [0.15, 0.2) is 22.6 Å². The predicted molar refractivity (Wildman–Crippen MR) is 73.7 cm³/mol. The van der Waals surface area contributed by atoms with Crippen LogP contribution in [0.4, 0.5) is 4.39 Å². The zero-order valence-electron chi connectivity index (χ0n) is 11.6. The van der Waals surface area contributed by atoms with E-state index >= 15 is 0 Å². The van der Waals surface area contributed by atoms with Crippen LogP contribution in [0.3, 0.4) is 0 Å². The van der Waals surface area contributed by atoms with Crippen LogP contribution in [-0.4, -0.2) is 33.7 Å². The first-order chi connectivity index (χ1) is 9.67. The summed E-state index contributed by atoms with van der Waals surface area (Å²) >= 11 is 0. The first-order valence-corrected chi connectivity index (χ1v) is 7.09. The van der Waals surface area contributed by atoms with Crippen molar-refractivity contribution in [3.63, 3.8) is 0 Å². The number of oxazole rings is 1. The molecule has 2 atom stereocenters. The standard InChI is InChI=1S/C15H19FN2O2/c1-10-3-2-4-12(9-19)18(10)8-15-17-13-6-5-11(16)7-14(13)20-15/h5-7,10,12,19H,2-4,8-9H2,1H3. The van der Waals surface area contributed by atoms with Gasteiger partial charge >= 0.3 is 0 Å². The molecule has 2 heterocycles. The van der Waals surface area contributed by atoms with Gasteiger partial charge in [0, 0.05) is 18.2 Å². The molecular formula is C15H19FN2O2. The molecule has 5 heteroatoms. The summed E-state index contributed by atoms with van der Waals surface area (Å²) in [4.78, 5) is 6.62. The van der Waals surface area contributed by atoms with Crippen LogP contribution < -0.4 is 0 Å². The van der Waals surface area contributed by atoms with E-state index in [4.69, 9.17) is 4.42 Å². The molecule has 1 saturated heterocycles. The van der Waals surface area contributed by atoms with E-state index in [0.29, 0.717) is 29.6 Å². The van der Waals surface area contributed by atoms with Crippen LogP contribution in [0, 0.1) is 5.82 Å². The van der Waals surface area contributed by atoms with Gasteiger partial charge in [-0.15, -0.1) is 0 Å². The zero-order chi connectivity index (χ0) is 14.1. The lowest BCUT2D eigenvalue weighted by Crippen LogP contribution is -2.46. The van der Waals surface area contributed by atoms with Gasteiger partial charge in [0.1, 0.15) is 11.3 Å². The number of aromatic nitrogens is 1. The molecule has 4 nitrogen and oxygen atoms in total. The van der Waals surface area contributed by atoms with Gasteiger partial charge in [-0.2, -0.15) is 0 Å². The molecule has 1 aromatic carbocycles. The number of fused-ring (bicyclic) bond motifs is 1. The minimum Gasteiger partial charge on any atom is -0.439 e. The lowest BCUT2D eigenvalue weighted by molar-refractivity contribution is 0.0389. The van der Waals surface area contributed by atoms with Gasteiger partial charge in [-0.3, -0.25) is 4.90 Å². The molecule has 2 aromatic rings. The van der Waals surface area contributed by atoms with Gasteiger partial charge < -0.3 is 9.52 Å². The molecule has 3 rings (SSSR count). The number of rotatable bonds is 3. The number of likely N-dealkylation sites (tertiary alicyclic amines) is 1. The van der Waals surface area contributed by atoms with Crippen molar-refractivity contribution in [1.29, 1.82) is 0 Å². The Labute approximate surface area is 117 Å². The fourth-order valence-electron chi connectivity index (χ4n) is 2.99. The van der Waals surface area contributed by atoms with E-state index in [-0.39, 0.29) is 18.5 Å². The van der Waals surface area contributed by atoms with Crippen LogP contribution in [0.5, 0.6) is 0 Å². The van der Waals surface area contributed by atoms with E-state index < -0.39 is 0 Å². The van der Waals surface area contributed by atoms with E-state index in [1.165, 1.54) is 12.1 Å². The van der Waals surface area contributed by atoms with Crippen molar-refractivity contribution in [1.82, 2.24) is 9.88 Å². The van der Waals surface area contributed by atoms with Crippen LogP contribution in [0.25, 0.3) is 11.1 Å². The molecular weight excluding hydrogens is 259 g/mol. The number of hydrogen-bond donors (Lipinski definition) is 1. The van der Waals surface area contributed by atoms with E-state index in [2.05, 4.69) is 16.8 Å². The predicted octanol–water partition coefficient (Wildman–Crippen LogP) is 2.70. The molecule has 1 N–H and O–H groups in total. The maximum Gasteiger partial charge on any atom is 0.209 e. The number of aliphatic hydroxyl groups excluding tert-OH is 1. The first kappa shape index (κ1) is 13.5. The maximum atomic E-state index is 13.2. The monoisotopic (exact) mass is 278 g/mol. The van der Waals surface area contributed by atoms with E-state index in [0.717, 1.165) is 19.3 Å². The van der Waals surface area contributed by atoms with Crippen LogP contribution in [0.1, 0.15) is 32.1 Å². The third-order valence-corrected chi connectivity index (χ3v) is 4.12. The highest BCUT2D eigenvalue weighted by atomic mass is 19.1. The third kappa shape index (κ3) is 2.55. The Balaban J connectivity index is 1.83. The molecule has 1 aliphatic rings. The number of halogens is 1. The van der Waals surface area contributed by atoms with Crippen molar-refractivity contribution < 1.29 is 13.9 Å². The Bertz CT molecular complexity index is 599. The molecule has 0 aliphatic carbocycles. The summed E-state index contributed by atoms with van der Waals surface area (Å²) < 4.78 is 18.8.